The number of thioether (sulfide) groups is 1. The van der Waals surface area contributed by atoms with Crippen LogP contribution in [-0.4, -0.2) is 32.8 Å². The van der Waals surface area contributed by atoms with Gasteiger partial charge < -0.3 is 14.8 Å². The summed E-state index contributed by atoms with van der Waals surface area (Å²) in [5.41, 5.74) is 1.16. The van der Waals surface area contributed by atoms with E-state index in [2.05, 4.69) is 18.5 Å². The van der Waals surface area contributed by atoms with Gasteiger partial charge in [-0.1, -0.05) is 13.0 Å². The van der Waals surface area contributed by atoms with Crippen LogP contribution in [0.15, 0.2) is 18.2 Å². The molecule has 0 spiro atoms. The van der Waals surface area contributed by atoms with E-state index in [0.29, 0.717) is 5.92 Å². The van der Waals surface area contributed by atoms with E-state index in [4.69, 9.17) is 9.47 Å². The van der Waals surface area contributed by atoms with Gasteiger partial charge in [-0.2, -0.15) is 11.8 Å². The molecule has 1 rings (SSSR count). The zero-order valence-corrected chi connectivity index (χ0v) is 12.5. The molecule has 3 nitrogen and oxygen atoms in total. The van der Waals surface area contributed by atoms with Crippen LogP contribution < -0.4 is 14.8 Å². The summed E-state index contributed by atoms with van der Waals surface area (Å²) in [6.45, 7) is 4.11. The Bertz CT molecular complexity index is 358. The molecule has 0 heterocycles. The molecule has 0 saturated carbocycles. The van der Waals surface area contributed by atoms with Crippen LogP contribution >= 0.6 is 11.8 Å². The average Bonchev–Trinajstić information content (AvgIpc) is 2.39. The summed E-state index contributed by atoms with van der Waals surface area (Å²) in [7, 11) is 3.35. The van der Waals surface area contributed by atoms with Crippen molar-refractivity contribution >= 4 is 11.8 Å². The fourth-order valence-electron chi connectivity index (χ4n) is 1.79. The van der Waals surface area contributed by atoms with Crippen LogP contribution in [0.1, 0.15) is 12.5 Å². The van der Waals surface area contributed by atoms with Crippen molar-refractivity contribution in [1.82, 2.24) is 5.32 Å². The van der Waals surface area contributed by atoms with Gasteiger partial charge in [-0.25, -0.2) is 0 Å². The number of ether oxygens (including phenoxy) is 2. The van der Waals surface area contributed by atoms with E-state index < -0.39 is 0 Å². The third-order valence-corrected chi connectivity index (χ3v) is 3.66. The highest BCUT2D eigenvalue weighted by Crippen LogP contribution is 2.24. The number of hydrogen-bond acceptors (Lipinski definition) is 4. The minimum atomic E-state index is 0.684. The zero-order valence-electron chi connectivity index (χ0n) is 11.7. The van der Waals surface area contributed by atoms with Gasteiger partial charge in [0, 0.05) is 18.2 Å². The molecule has 0 radical (unpaired) electrons. The first-order valence-electron chi connectivity index (χ1n) is 6.11. The Morgan fingerprint density at radius 3 is 2.67 bits per heavy atom. The fourth-order valence-corrected chi connectivity index (χ4v) is 2.48. The molecule has 1 aromatic rings. The maximum atomic E-state index is 5.37. The van der Waals surface area contributed by atoms with E-state index >= 15 is 0 Å². The van der Waals surface area contributed by atoms with Gasteiger partial charge in [-0.05, 0) is 30.5 Å². The molecule has 1 aromatic carbocycles. The largest absolute Gasteiger partial charge is 0.497 e. The molecular formula is C14H23NO2S. The maximum absolute atomic E-state index is 5.37. The lowest BCUT2D eigenvalue weighted by molar-refractivity contribution is 0.389. The van der Waals surface area contributed by atoms with Gasteiger partial charge in [0.25, 0.3) is 0 Å². The maximum Gasteiger partial charge on any atom is 0.127 e. The van der Waals surface area contributed by atoms with Crippen LogP contribution in [0.5, 0.6) is 11.5 Å². The molecule has 0 aliphatic rings. The fraction of sp³-hybridized carbons (Fsp3) is 0.571. The minimum Gasteiger partial charge on any atom is -0.497 e. The summed E-state index contributed by atoms with van der Waals surface area (Å²) >= 11 is 1.89. The predicted octanol–water partition coefficient (Wildman–Crippen LogP) is 2.79. The molecule has 4 heteroatoms. The van der Waals surface area contributed by atoms with Crippen molar-refractivity contribution in [3.05, 3.63) is 23.8 Å². The van der Waals surface area contributed by atoms with Crippen molar-refractivity contribution in [2.45, 2.75) is 13.5 Å². The first-order valence-corrected chi connectivity index (χ1v) is 7.51. The monoisotopic (exact) mass is 269 g/mol. The third-order valence-electron chi connectivity index (χ3n) is 2.75. The summed E-state index contributed by atoms with van der Waals surface area (Å²) < 4.78 is 10.6. The van der Waals surface area contributed by atoms with Crippen molar-refractivity contribution in [3.63, 3.8) is 0 Å². The van der Waals surface area contributed by atoms with Crippen molar-refractivity contribution < 1.29 is 9.47 Å². The molecule has 0 aliphatic carbocycles. The van der Waals surface area contributed by atoms with Crippen LogP contribution in [0.2, 0.25) is 0 Å². The molecule has 1 atom stereocenters. The van der Waals surface area contributed by atoms with Gasteiger partial charge in [0.2, 0.25) is 0 Å². The predicted molar refractivity (Wildman–Crippen MR) is 78.8 cm³/mol. The molecule has 18 heavy (non-hydrogen) atoms. The van der Waals surface area contributed by atoms with Crippen molar-refractivity contribution in [3.8, 4) is 11.5 Å². The van der Waals surface area contributed by atoms with Gasteiger partial charge in [0.15, 0.2) is 0 Å². The Morgan fingerprint density at radius 1 is 1.28 bits per heavy atom. The van der Waals surface area contributed by atoms with Gasteiger partial charge >= 0.3 is 0 Å². The van der Waals surface area contributed by atoms with Crippen LogP contribution in [0, 0.1) is 5.92 Å². The topological polar surface area (TPSA) is 30.5 Å². The molecular weight excluding hydrogens is 246 g/mol. The van der Waals surface area contributed by atoms with E-state index in [-0.39, 0.29) is 0 Å². The molecule has 0 amide bonds. The Labute approximate surface area is 114 Å². The lowest BCUT2D eigenvalue weighted by Crippen LogP contribution is -2.22. The summed E-state index contributed by atoms with van der Waals surface area (Å²) in [6.07, 6.45) is 2.14. The van der Waals surface area contributed by atoms with Gasteiger partial charge in [-0.3, -0.25) is 0 Å². The van der Waals surface area contributed by atoms with Gasteiger partial charge in [0.1, 0.15) is 11.5 Å². The van der Waals surface area contributed by atoms with Crippen molar-refractivity contribution in [2.24, 2.45) is 5.92 Å². The standard InChI is InChI=1S/C14H23NO2S/c1-11(10-18-4)8-15-9-12-5-6-13(16-2)7-14(12)17-3/h5-7,11,15H,8-10H2,1-4H3. The Kier molecular flexibility index (Phi) is 6.98. The molecule has 0 aromatic heterocycles. The van der Waals surface area contributed by atoms with Crippen LogP contribution in [0.25, 0.3) is 0 Å². The average molecular weight is 269 g/mol. The van der Waals surface area contributed by atoms with E-state index in [1.165, 1.54) is 5.75 Å². The quantitative estimate of drug-likeness (QED) is 0.786. The van der Waals surface area contributed by atoms with Crippen molar-refractivity contribution in [2.75, 3.05) is 32.8 Å². The van der Waals surface area contributed by atoms with Crippen LogP contribution in [0.4, 0.5) is 0 Å². The van der Waals surface area contributed by atoms with E-state index in [1.54, 1.807) is 14.2 Å². The minimum absolute atomic E-state index is 0.684. The van der Waals surface area contributed by atoms with E-state index in [0.717, 1.165) is 30.2 Å². The first kappa shape index (κ1) is 15.2. The molecule has 0 bridgehead atoms. The van der Waals surface area contributed by atoms with Crippen molar-refractivity contribution in [1.29, 1.82) is 0 Å². The van der Waals surface area contributed by atoms with Gasteiger partial charge in [-0.15, -0.1) is 0 Å². The normalized spacial score (nSPS) is 12.2. The second-order valence-electron chi connectivity index (χ2n) is 4.37. The highest BCUT2D eigenvalue weighted by molar-refractivity contribution is 7.98. The first-order chi connectivity index (χ1) is 8.71. The summed E-state index contributed by atoms with van der Waals surface area (Å²) in [5, 5.41) is 3.46. The lowest BCUT2D eigenvalue weighted by atomic mass is 10.1. The molecule has 102 valence electrons. The Morgan fingerprint density at radius 2 is 2.06 bits per heavy atom. The highest BCUT2D eigenvalue weighted by atomic mass is 32.2. The number of methoxy groups -OCH3 is 2. The lowest BCUT2D eigenvalue weighted by Gasteiger charge is -2.13. The SMILES string of the molecule is COc1ccc(CNCC(C)CSC)c(OC)c1. The van der Waals surface area contributed by atoms with E-state index in [1.807, 2.05) is 30.0 Å². The molecule has 0 fully saturated rings. The highest BCUT2D eigenvalue weighted by Gasteiger charge is 2.06. The summed E-state index contributed by atoms with van der Waals surface area (Å²) in [6, 6.07) is 5.93. The summed E-state index contributed by atoms with van der Waals surface area (Å²) in [5.74, 6) is 3.57. The number of hydrogen-bond donors (Lipinski definition) is 1. The second-order valence-corrected chi connectivity index (χ2v) is 5.28. The Hall–Kier alpha value is -0.870. The molecule has 1 unspecified atom stereocenters. The molecule has 1 N–H and O–H groups in total. The number of nitrogens with one attached hydrogen (secondary N) is 1. The van der Waals surface area contributed by atoms with Crippen LogP contribution in [-0.2, 0) is 6.54 Å². The third kappa shape index (κ3) is 4.78. The second kappa shape index (κ2) is 8.27. The summed E-state index contributed by atoms with van der Waals surface area (Å²) in [4.78, 5) is 0. The Balaban J connectivity index is 2.51. The van der Waals surface area contributed by atoms with E-state index in [9.17, 15) is 0 Å². The number of rotatable bonds is 8. The molecule has 0 aliphatic heterocycles. The number of benzene rings is 1. The smallest absolute Gasteiger partial charge is 0.127 e. The van der Waals surface area contributed by atoms with Gasteiger partial charge in [0.05, 0.1) is 14.2 Å². The zero-order chi connectivity index (χ0) is 13.4. The molecule has 0 saturated heterocycles. The van der Waals surface area contributed by atoms with Crippen LogP contribution in [0.3, 0.4) is 0 Å².